The molecule has 0 aliphatic carbocycles. The molecule has 0 aromatic heterocycles. The lowest BCUT2D eigenvalue weighted by atomic mass is 10.2. The average molecular weight is 369 g/mol. The number of rotatable bonds is 9. The Kier molecular flexibility index (Phi) is 9.30. The van der Waals surface area contributed by atoms with Crippen molar-refractivity contribution in [2.24, 2.45) is 10.7 Å². The minimum absolute atomic E-state index is 0.0989. The number of hydrogen-bond donors (Lipinski definition) is 3. The molecule has 0 unspecified atom stereocenters. The standard InChI is InChI=1S/C16H25BrN4O/c1-2-3-4-5-9-20-16(18)21-11-10-19-15(22)13-7-6-8-14(17)12-13/h6-8,12H,2-5,9-11H2,1H3,(H,19,22)(H3,18,20,21). The number of amides is 1. The monoisotopic (exact) mass is 368 g/mol. The molecule has 0 saturated carbocycles. The molecule has 122 valence electrons. The van der Waals surface area contributed by atoms with E-state index in [2.05, 4.69) is 38.5 Å². The SMILES string of the molecule is CCCCCCN=C(N)NCCNC(=O)c1cccc(Br)c1. The minimum atomic E-state index is -0.0989. The predicted molar refractivity (Wildman–Crippen MR) is 95.1 cm³/mol. The zero-order valence-electron chi connectivity index (χ0n) is 13.1. The van der Waals surface area contributed by atoms with Crippen LogP contribution in [0.1, 0.15) is 43.0 Å². The van der Waals surface area contributed by atoms with Gasteiger partial charge in [-0.2, -0.15) is 0 Å². The highest BCUT2D eigenvalue weighted by Crippen LogP contribution is 2.11. The van der Waals surface area contributed by atoms with E-state index in [1.165, 1.54) is 19.3 Å². The van der Waals surface area contributed by atoms with Crippen LogP contribution in [0.2, 0.25) is 0 Å². The molecule has 1 aromatic carbocycles. The van der Waals surface area contributed by atoms with Crippen molar-refractivity contribution >= 4 is 27.8 Å². The van der Waals surface area contributed by atoms with Crippen LogP contribution in [0, 0.1) is 0 Å². The highest BCUT2D eigenvalue weighted by atomic mass is 79.9. The fraction of sp³-hybridized carbons (Fsp3) is 0.500. The Balaban J connectivity index is 2.16. The van der Waals surface area contributed by atoms with Gasteiger partial charge in [0.2, 0.25) is 0 Å². The zero-order chi connectivity index (χ0) is 16.2. The van der Waals surface area contributed by atoms with Crippen LogP contribution >= 0.6 is 15.9 Å². The second kappa shape index (κ2) is 11.1. The zero-order valence-corrected chi connectivity index (χ0v) is 14.7. The van der Waals surface area contributed by atoms with E-state index in [1.54, 1.807) is 12.1 Å². The third-order valence-electron chi connectivity index (χ3n) is 3.10. The molecule has 1 aromatic rings. The van der Waals surface area contributed by atoms with E-state index in [9.17, 15) is 4.79 Å². The second-order valence-electron chi connectivity index (χ2n) is 5.02. The fourth-order valence-corrected chi connectivity index (χ4v) is 2.29. The van der Waals surface area contributed by atoms with E-state index < -0.39 is 0 Å². The van der Waals surface area contributed by atoms with Crippen molar-refractivity contribution in [2.45, 2.75) is 32.6 Å². The molecule has 0 heterocycles. The summed E-state index contributed by atoms with van der Waals surface area (Å²) in [4.78, 5) is 16.1. The van der Waals surface area contributed by atoms with Crippen molar-refractivity contribution in [3.8, 4) is 0 Å². The van der Waals surface area contributed by atoms with Crippen molar-refractivity contribution < 1.29 is 4.79 Å². The number of aliphatic imine (C=N–C) groups is 1. The molecule has 5 nitrogen and oxygen atoms in total. The Labute approximate surface area is 140 Å². The number of guanidine groups is 1. The number of nitrogens with one attached hydrogen (secondary N) is 2. The summed E-state index contributed by atoms with van der Waals surface area (Å²) in [7, 11) is 0. The van der Waals surface area contributed by atoms with Crippen LogP contribution in [0.3, 0.4) is 0 Å². The first-order valence-electron chi connectivity index (χ1n) is 7.71. The molecule has 0 aliphatic heterocycles. The molecule has 4 N–H and O–H groups in total. The molecule has 0 aliphatic rings. The fourth-order valence-electron chi connectivity index (χ4n) is 1.89. The number of unbranched alkanes of at least 4 members (excludes halogenated alkanes) is 3. The Morgan fingerprint density at radius 2 is 2.00 bits per heavy atom. The van der Waals surface area contributed by atoms with Crippen LogP contribution in [-0.2, 0) is 0 Å². The number of nitrogens with zero attached hydrogens (tertiary/aromatic N) is 1. The highest BCUT2D eigenvalue weighted by molar-refractivity contribution is 9.10. The van der Waals surface area contributed by atoms with Crippen molar-refractivity contribution in [2.75, 3.05) is 19.6 Å². The van der Waals surface area contributed by atoms with Crippen molar-refractivity contribution in [3.63, 3.8) is 0 Å². The largest absolute Gasteiger partial charge is 0.370 e. The van der Waals surface area contributed by atoms with E-state index in [-0.39, 0.29) is 5.91 Å². The van der Waals surface area contributed by atoms with E-state index in [1.807, 2.05) is 12.1 Å². The van der Waals surface area contributed by atoms with Gasteiger partial charge in [0.05, 0.1) is 0 Å². The molecule has 1 amide bonds. The topological polar surface area (TPSA) is 79.5 Å². The van der Waals surface area contributed by atoms with Gasteiger partial charge < -0.3 is 16.4 Å². The lowest BCUT2D eigenvalue weighted by Gasteiger charge is -2.08. The van der Waals surface area contributed by atoms with Crippen LogP contribution < -0.4 is 16.4 Å². The molecule has 0 fully saturated rings. The van der Waals surface area contributed by atoms with Gasteiger partial charge in [-0.25, -0.2) is 0 Å². The number of halogens is 1. The number of hydrogen-bond acceptors (Lipinski definition) is 2. The van der Waals surface area contributed by atoms with Crippen LogP contribution in [-0.4, -0.2) is 31.5 Å². The molecule has 0 radical (unpaired) electrons. The second-order valence-corrected chi connectivity index (χ2v) is 5.94. The van der Waals surface area contributed by atoms with Gasteiger partial charge in [0, 0.05) is 29.7 Å². The van der Waals surface area contributed by atoms with E-state index in [0.717, 1.165) is 17.4 Å². The van der Waals surface area contributed by atoms with Gasteiger partial charge in [-0.05, 0) is 24.6 Å². The Morgan fingerprint density at radius 3 is 2.73 bits per heavy atom. The summed E-state index contributed by atoms with van der Waals surface area (Å²) in [6.45, 7) is 3.99. The number of nitrogens with two attached hydrogens (primary N) is 1. The van der Waals surface area contributed by atoms with Gasteiger partial charge in [0.15, 0.2) is 5.96 Å². The van der Waals surface area contributed by atoms with E-state index in [4.69, 9.17) is 5.73 Å². The lowest BCUT2D eigenvalue weighted by molar-refractivity contribution is 0.0954. The first-order chi connectivity index (χ1) is 10.6. The smallest absolute Gasteiger partial charge is 0.251 e. The molecular formula is C16H25BrN4O. The quantitative estimate of drug-likeness (QED) is 0.356. The van der Waals surface area contributed by atoms with Crippen LogP contribution in [0.25, 0.3) is 0 Å². The summed E-state index contributed by atoms with van der Waals surface area (Å²) >= 11 is 3.35. The number of carbonyl (C=O) groups is 1. The molecule has 22 heavy (non-hydrogen) atoms. The Hall–Kier alpha value is -1.56. The van der Waals surface area contributed by atoms with Crippen molar-refractivity contribution in [1.29, 1.82) is 0 Å². The maximum Gasteiger partial charge on any atom is 0.251 e. The summed E-state index contributed by atoms with van der Waals surface area (Å²) < 4.78 is 0.887. The van der Waals surface area contributed by atoms with Gasteiger partial charge in [-0.3, -0.25) is 9.79 Å². The van der Waals surface area contributed by atoms with Gasteiger partial charge in [0.25, 0.3) is 5.91 Å². The molecule has 0 spiro atoms. The summed E-state index contributed by atoms with van der Waals surface area (Å²) in [5, 5.41) is 5.83. The summed E-state index contributed by atoms with van der Waals surface area (Å²) in [5.41, 5.74) is 6.39. The Bertz CT molecular complexity index is 491. The maximum atomic E-state index is 11.9. The average Bonchev–Trinajstić information content (AvgIpc) is 2.51. The van der Waals surface area contributed by atoms with Gasteiger partial charge in [-0.15, -0.1) is 0 Å². The first kappa shape index (κ1) is 18.5. The first-order valence-corrected chi connectivity index (χ1v) is 8.50. The predicted octanol–water partition coefficient (Wildman–Crippen LogP) is 2.66. The molecule has 0 bridgehead atoms. The molecule has 0 saturated heterocycles. The van der Waals surface area contributed by atoms with Crippen LogP contribution in [0.5, 0.6) is 0 Å². The third-order valence-corrected chi connectivity index (χ3v) is 3.59. The number of benzene rings is 1. The third kappa shape index (κ3) is 8.02. The highest BCUT2D eigenvalue weighted by Gasteiger charge is 2.04. The van der Waals surface area contributed by atoms with Crippen molar-refractivity contribution in [1.82, 2.24) is 10.6 Å². The van der Waals surface area contributed by atoms with Crippen LogP contribution in [0.4, 0.5) is 0 Å². The summed E-state index contributed by atoms with van der Waals surface area (Å²) in [6, 6.07) is 7.28. The van der Waals surface area contributed by atoms with Crippen molar-refractivity contribution in [3.05, 3.63) is 34.3 Å². The van der Waals surface area contributed by atoms with E-state index in [0.29, 0.717) is 24.6 Å². The molecule has 6 heteroatoms. The van der Waals surface area contributed by atoms with Gasteiger partial charge in [0.1, 0.15) is 0 Å². The van der Waals surface area contributed by atoms with Crippen LogP contribution in [0.15, 0.2) is 33.7 Å². The molecular weight excluding hydrogens is 344 g/mol. The summed E-state index contributed by atoms with van der Waals surface area (Å²) in [6.07, 6.45) is 4.71. The minimum Gasteiger partial charge on any atom is -0.370 e. The summed E-state index contributed by atoms with van der Waals surface area (Å²) in [5.74, 6) is 0.339. The van der Waals surface area contributed by atoms with Gasteiger partial charge >= 0.3 is 0 Å². The van der Waals surface area contributed by atoms with Gasteiger partial charge in [-0.1, -0.05) is 48.2 Å². The normalized spacial score (nSPS) is 11.3. The number of carbonyl (C=O) groups excluding carboxylic acids is 1. The molecule has 0 atom stereocenters. The molecule has 1 rings (SSSR count). The maximum absolute atomic E-state index is 11.9. The lowest BCUT2D eigenvalue weighted by Crippen LogP contribution is -2.38. The van der Waals surface area contributed by atoms with E-state index >= 15 is 0 Å². The Morgan fingerprint density at radius 1 is 1.23 bits per heavy atom.